The van der Waals surface area contributed by atoms with Gasteiger partial charge < -0.3 is 4.90 Å². The molecule has 3 atom stereocenters. The van der Waals surface area contributed by atoms with Crippen LogP contribution in [0.5, 0.6) is 0 Å². The Morgan fingerprint density at radius 1 is 1.24 bits per heavy atom. The molecule has 0 saturated carbocycles. The van der Waals surface area contributed by atoms with Gasteiger partial charge in [-0.05, 0) is 62.6 Å². The lowest BCUT2D eigenvalue weighted by atomic mass is 9.84. The Morgan fingerprint density at radius 3 is 2.56 bits per heavy atom. The zero-order valence-corrected chi connectivity index (χ0v) is 14.5. The molecule has 3 heterocycles. The lowest BCUT2D eigenvalue weighted by molar-refractivity contribution is -0.135. The number of piperidine rings is 1. The predicted molar refractivity (Wildman–Crippen MR) is 89.5 cm³/mol. The van der Waals surface area contributed by atoms with E-state index >= 15 is 0 Å². The summed E-state index contributed by atoms with van der Waals surface area (Å²) >= 11 is 0. The molecule has 6 heteroatoms. The second-order valence-corrected chi connectivity index (χ2v) is 7.34. The lowest BCUT2D eigenvalue weighted by Gasteiger charge is -2.39. The third-order valence-corrected chi connectivity index (χ3v) is 5.74. The summed E-state index contributed by atoms with van der Waals surface area (Å²) in [6, 6.07) is 5.95. The smallest absolute Gasteiger partial charge is 0.229 e. The van der Waals surface area contributed by atoms with Crippen LogP contribution in [0, 0.1) is 19.7 Å². The minimum Gasteiger partial charge on any atom is -0.336 e. The summed E-state index contributed by atoms with van der Waals surface area (Å²) in [5.41, 5.74) is 3.19. The highest BCUT2D eigenvalue weighted by Gasteiger charge is 2.43. The number of amides is 1. The van der Waals surface area contributed by atoms with Crippen LogP contribution in [0.3, 0.4) is 0 Å². The number of aryl methyl sites for hydroxylation is 2. The van der Waals surface area contributed by atoms with Crippen LogP contribution in [-0.4, -0.2) is 33.2 Å². The first kappa shape index (κ1) is 16.2. The summed E-state index contributed by atoms with van der Waals surface area (Å²) in [5.74, 6) is 0.354. The maximum absolute atomic E-state index is 13.5. The zero-order valence-electron chi connectivity index (χ0n) is 14.5. The van der Waals surface area contributed by atoms with E-state index in [1.54, 1.807) is 19.9 Å². The van der Waals surface area contributed by atoms with E-state index in [0.717, 1.165) is 25.7 Å². The van der Waals surface area contributed by atoms with E-state index in [2.05, 4.69) is 15.2 Å². The number of rotatable bonds is 3. The molecule has 4 rings (SSSR count). The van der Waals surface area contributed by atoms with Crippen molar-refractivity contribution < 1.29 is 13.8 Å². The lowest BCUT2D eigenvalue weighted by Crippen LogP contribution is -2.46. The molecule has 2 aliphatic rings. The van der Waals surface area contributed by atoms with Gasteiger partial charge in [-0.15, -0.1) is 0 Å². The van der Waals surface area contributed by atoms with Crippen LogP contribution in [0.4, 0.5) is 4.39 Å². The Labute approximate surface area is 146 Å². The number of halogens is 1. The van der Waals surface area contributed by atoms with Gasteiger partial charge in [0.15, 0.2) is 0 Å². The summed E-state index contributed by atoms with van der Waals surface area (Å²) < 4.78 is 18.2. The van der Waals surface area contributed by atoms with Crippen molar-refractivity contribution in [3.05, 3.63) is 46.5 Å². The van der Waals surface area contributed by atoms with Crippen molar-refractivity contribution in [3.63, 3.8) is 0 Å². The van der Waals surface area contributed by atoms with Gasteiger partial charge in [0.2, 0.25) is 5.91 Å². The van der Waals surface area contributed by atoms with E-state index in [4.69, 9.17) is 4.63 Å². The van der Waals surface area contributed by atoms with E-state index in [9.17, 15) is 9.18 Å². The molecule has 25 heavy (non-hydrogen) atoms. The second kappa shape index (κ2) is 6.24. The fourth-order valence-corrected chi connectivity index (χ4v) is 4.42. The quantitative estimate of drug-likeness (QED) is 0.858. The predicted octanol–water partition coefficient (Wildman–Crippen LogP) is 3.31. The van der Waals surface area contributed by atoms with Gasteiger partial charge in [-0.2, -0.15) is 0 Å². The molecule has 0 aliphatic carbocycles. The molecular weight excluding hydrogens is 321 g/mol. The number of fused-ring (bicyclic) bond motifs is 2. The van der Waals surface area contributed by atoms with Crippen molar-refractivity contribution >= 4 is 5.91 Å². The number of nitrogens with zero attached hydrogens (tertiary/aromatic N) is 3. The van der Waals surface area contributed by atoms with E-state index in [0.29, 0.717) is 22.9 Å². The van der Waals surface area contributed by atoms with Gasteiger partial charge in [-0.3, -0.25) is 4.79 Å². The van der Waals surface area contributed by atoms with Gasteiger partial charge in [0.25, 0.3) is 0 Å². The van der Waals surface area contributed by atoms with Crippen LogP contribution < -0.4 is 0 Å². The molecule has 2 bridgehead atoms. The first-order valence-corrected chi connectivity index (χ1v) is 8.88. The topological polar surface area (TPSA) is 59.2 Å². The van der Waals surface area contributed by atoms with Crippen LogP contribution in [0.1, 0.15) is 54.1 Å². The minimum atomic E-state index is -0.157. The third-order valence-electron chi connectivity index (χ3n) is 5.74. The van der Waals surface area contributed by atoms with Gasteiger partial charge in [0.05, 0.1) is 6.42 Å². The number of hydrogen-bond donors (Lipinski definition) is 0. The van der Waals surface area contributed by atoms with Crippen molar-refractivity contribution in [3.8, 4) is 0 Å². The Hall–Kier alpha value is -2.24. The molecule has 1 aromatic carbocycles. The molecule has 1 unspecified atom stereocenters. The molecule has 2 aliphatic heterocycles. The van der Waals surface area contributed by atoms with Gasteiger partial charge in [-0.25, -0.2) is 9.02 Å². The second-order valence-electron chi connectivity index (χ2n) is 7.34. The zero-order chi connectivity index (χ0) is 17.6. The highest BCUT2D eigenvalue weighted by molar-refractivity contribution is 5.79. The standard InChI is InChI=1S/C19H22FN3O2/c1-11-7-13(3-6-17(11)20)14-8-15-4-5-16(9-14)23(15)19(24)10-18-12(2)21-25-22-18/h3,6-7,14-16H,4-5,8-10H2,1-2H3/t14?,15-,16+. The van der Waals surface area contributed by atoms with E-state index in [-0.39, 0.29) is 30.2 Å². The Balaban J connectivity index is 1.49. The Morgan fingerprint density at radius 2 is 1.96 bits per heavy atom. The summed E-state index contributed by atoms with van der Waals surface area (Å²) in [6.07, 6.45) is 4.24. The van der Waals surface area contributed by atoms with E-state index in [1.807, 2.05) is 12.1 Å². The third kappa shape index (κ3) is 2.94. The van der Waals surface area contributed by atoms with Crippen LogP contribution in [0.2, 0.25) is 0 Å². The van der Waals surface area contributed by atoms with Gasteiger partial charge in [-0.1, -0.05) is 22.4 Å². The molecule has 2 aromatic rings. The fourth-order valence-electron chi connectivity index (χ4n) is 4.42. The summed E-state index contributed by atoms with van der Waals surface area (Å²) in [6.45, 7) is 3.61. The Kier molecular flexibility index (Phi) is 4.06. The van der Waals surface area contributed by atoms with E-state index < -0.39 is 0 Å². The molecule has 1 aromatic heterocycles. The highest BCUT2D eigenvalue weighted by atomic mass is 19.1. The van der Waals surface area contributed by atoms with Crippen molar-refractivity contribution in [2.45, 2.75) is 64.0 Å². The van der Waals surface area contributed by atoms with Crippen LogP contribution in [0.25, 0.3) is 0 Å². The maximum atomic E-state index is 13.5. The van der Waals surface area contributed by atoms with E-state index in [1.165, 1.54) is 5.56 Å². The maximum Gasteiger partial charge on any atom is 0.229 e. The van der Waals surface area contributed by atoms with Crippen molar-refractivity contribution in [1.29, 1.82) is 0 Å². The van der Waals surface area contributed by atoms with Crippen LogP contribution in [-0.2, 0) is 11.2 Å². The largest absolute Gasteiger partial charge is 0.336 e. The molecule has 132 valence electrons. The van der Waals surface area contributed by atoms with Crippen molar-refractivity contribution in [2.75, 3.05) is 0 Å². The number of carbonyl (C=O) groups is 1. The SMILES string of the molecule is Cc1cc(C2C[C@H]3CC[C@@H](C2)N3C(=O)Cc2nonc2C)ccc1F. The molecule has 5 nitrogen and oxygen atoms in total. The average molecular weight is 343 g/mol. The Bertz CT molecular complexity index is 790. The van der Waals surface area contributed by atoms with Gasteiger partial charge in [0, 0.05) is 12.1 Å². The molecule has 0 radical (unpaired) electrons. The average Bonchev–Trinajstić information content (AvgIpc) is 3.10. The molecule has 2 fully saturated rings. The monoisotopic (exact) mass is 343 g/mol. The first-order valence-electron chi connectivity index (χ1n) is 8.88. The van der Waals surface area contributed by atoms with Crippen LogP contribution >= 0.6 is 0 Å². The first-order chi connectivity index (χ1) is 12.0. The number of carbonyl (C=O) groups excluding carboxylic acids is 1. The number of aromatic nitrogens is 2. The summed E-state index contributed by atoms with van der Waals surface area (Å²) in [7, 11) is 0. The molecule has 0 N–H and O–H groups in total. The van der Waals surface area contributed by atoms with Gasteiger partial charge >= 0.3 is 0 Å². The number of benzene rings is 1. The number of hydrogen-bond acceptors (Lipinski definition) is 4. The fraction of sp³-hybridized carbons (Fsp3) is 0.526. The molecule has 2 saturated heterocycles. The normalized spacial score (nSPS) is 25.4. The summed E-state index contributed by atoms with van der Waals surface area (Å²) in [5, 5.41) is 7.58. The minimum absolute atomic E-state index is 0.111. The van der Waals surface area contributed by atoms with Gasteiger partial charge in [0.1, 0.15) is 17.2 Å². The molecular formula is C19H22FN3O2. The molecule has 1 amide bonds. The van der Waals surface area contributed by atoms with Crippen molar-refractivity contribution in [2.24, 2.45) is 0 Å². The summed E-state index contributed by atoms with van der Waals surface area (Å²) in [4.78, 5) is 14.8. The highest BCUT2D eigenvalue weighted by Crippen LogP contribution is 2.43. The van der Waals surface area contributed by atoms with Crippen LogP contribution in [0.15, 0.2) is 22.8 Å². The molecule has 0 spiro atoms. The van der Waals surface area contributed by atoms with Crippen molar-refractivity contribution in [1.82, 2.24) is 15.2 Å².